The van der Waals surface area contributed by atoms with Crippen molar-refractivity contribution in [3.05, 3.63) is 29.8 Å². The number of nitrogens with one attached hydrogen (secondary N) is 2. The number of benzene rings is 1. The van der Waals surface area contributed by atoms with Crippen LogP contribution in [0.25, 0.3) is 0 Å². The van der Waals surface area contributed by atoms with Crippen molar-refractivity contribution in [1.82, 2.24) is 10.2 Å². The summed E-state index contributed by atoms with van der Waals surface area (Å²) in [6.07, 6.45) is 3.37. The number of likely N-dealkylation sites (tertiary alicyclic amines) is 1. The Hall–Kier alpha value is -2.04. The van der Waals surface area contributed by atoms with Gasteiger partial charge >= 0.3 is 0 Å². The number of anilines is 1. The average molecular weight is 303 g/mol. The molecule has 5 nitrogen and oxygen atoms in total. The van der Waals surface area contributed by atoms with Gasteiger partial charge < -0.3 is 15.5 Å². The van der Waals surface area contributed by atoms with Crippen molar-refractivity contribution in [2.24, 2.45) is 0 Å². The van der Waals surface area contributed by atoms with E-state index in [1.807, 2.05) is 43.0 Å². The number of carbonyl (C=O) groups is 2. The SMILES string of the molecule is CC(C)NC(=O)CNc1cccc(C(=O)N2CCCCC2)c1. The number of amides is 2. The van der Waals surface area contributed by atoms with Gasteiger partial charge in [0.2, 0.25) is 5.91 Å². The molecule has 0 saturated carbocycles. The van der Waals surface area contributed by atoms with E-state index >= 15 is 0 Å². The van der Waals surface area contributed by atoms with E-state index < -0.39 is 0 Å². The summed E-state index contributed by atoms with van der Waals surface area (Å²) >= 11 is 0. The lowest BCUT2D eigenvalue weighted by Crippen LogP contribution is -2.36. The second-order valence-corrected chi connectivity index (χ2v) is 6.01. The van der Waals surface area contributed by atoms with Crippen LogP contribution in [0.2, 0.25) is 0 Å². The van der Waals surface area contributed by atoms with Crippen LogP contribution in [-0.4, -0.2) is 42.4 Å². The Bertz CT molecular complexity index is 522. The Morgan fingerprint density at radius 2 is 1.91 bits per heavy atom. The zero-order valence-corrected chi connectivity index (χ0v) is 13.4. The largest absolute Gasteiger partial charge is 0.376 e. The van der Waals surface area contributed by atoms with Crippen molar-refractivity contribution in [1.29, 1.82) is 0 Å². The number of rotatable bonds is 5. The van der Waals surface area contributed by atoms with Gasteiger partial charge in [-0.2, -0.15) is 0 Å². The average Bonchev–Trinajstić information content (AvgIpc) is 2.53. The Morgan fingerprint density at radius 1 is 1.18 bits per heavy atom. The van der Waals surface area contributed by atoms with Gasteiger partial charge in [0.25, 0.3) is 5.91 Å². The summed E-state index contributed by atoms with van der Waals surface area (Å²) in [4.78, 5) is 26.0. The first-order chi connectivity index (χ1) is 10.6. The normalized spacial score (nSPS) is 14.8. The second kappa shape index (κ2) is 7.82. The Labute approximate surface area is 132 Å². The fourth-order valence-electron chi connectivity index (χ4n) is 2.60. The molecule has 0 aromatic heterocycles. The molecule has 120 valence electrons. The van der Waals surface area contributed by atoms with E-state index in [0.29, 0.717) is 5.56 Å². The molecule has 1 fully saturated rings. The summed E-state index contributed by atoms with van der Waals surface area (Å²) in [6, 6.07) is 7.49. The van der Waals surface area contributed by atoms with Gasteiger partial charge in [0.15, 0.2) is 0 Å². The summed E-state index contributed by atoms with van der Waals surface area (Å²) < 4.78 is 0. The highest BCUT2D eigenvalue weighted by molar-refractivity contribution is 5.95. The summed E-state index contributed by atoms with van der Waals surface area (Å²) in [5.41, 5.74) is 1.47. The maximum Gasteiger partial charge on any atom is 0.253 e. The van der Waals surface area contributed by atoms with Crippen molar-refractivity contribution >= 4 is 17.5 Å². The van der Waals surface area contributed by atoms with E-state index in [1.54, 1.807) is 0 Å². The molecular formula is C17H25N3O2. The van der Waals surface area contributed by atoms with Gasteiger partial charge in [0, 0.05) is 30.4 Å². The number of hydrogen-bond acceptors (Lipinski definition) is 3. The topological polar surface area (TPSA) is 61.4 Å². The highest BCUT2D eigenvalue weighted by Crippen LogP contribution is 2.16. The third-order valence-electron chi connectivity index (χ3n) is 3.66. The lowest BCUT2D eigenvalue weighted by Gasteiger charge is -2.26. The van der Waals surface area contributed by atoms with Gasteiger partial charge in [-0.25, -0.2) is 0 Å². The molecule has 1 aromatic carbocycles. The molecule has 2 rings (SSSR count). The highest BCUT2D eigenvalue weighted by Gasteiger charge is 2.18. The molecule has 0 radical (unpaired) electrons. The third kappa shape index (κ3) is 4.76. The predicted octanol–water partition coefficient (Wildman–Crippen LogP) is 2.25. The van der Waals surface area contributed by atoms with Crippen LogP contribution in [0.4, 0.5) is 5.69 Å². The Morgan fingerprint density at radius 3 is 2.59 bits per heavy atom. The minimum Gasteiger partial charge on any atom is -0.376 e. The molecule has 1 saturated heterocycles. The molecule has 1 aliphatic heterocycles. The smallest absolute Gasteiger partial charge is 0.253 e. The summed E-state index contributed by atoms with van der Waals surface area (Å²) in [7, 11) is 0. The molecule has 22 heavy (non-hydrogen) atoms. The van der Waals surface area contributed by atoms with Gasteiger partial charge in [-0.15, -0.1) is 0 Å². The van der Waals surface area contributed by atoms with Crippen LogP contribution in [0.3, 0.4) is 0 Å². The molecule has 0 unspecified atom stereocenters. The van der Waals surface area contributed by atoms with Crippen LogP contribution in [0.15, 0.2) is 24.3 Å². The van der Waals surface area contributed by atoms with Gasteiger partial charge in [-0.1, -0.05) is 6.07 Å². The number of piperidine rings is 1. The second-order valence-electron chi connectivity index (χ2n) is 6.01. The zero-order valence-electron chi connectivity index (χ0n) is 13.4. The van der Waals surface area contributed by atoms with Crippen molar-refractivity contribution < 1.29 is 9.59 Å². The first-order valence-corrected chi connectivity index (χ1v) is 7.99. The molecule has 0 aliphatic carbocycles. The molecule has 1 heterocycles. The molecule has 1 aliphatic rings. The zero-order chi connectivity index (χ0) is 15.9. The van der Waals surface area contributed by atoms with E-state index in [9.17, 15) is 9.59 Å². The van der Waals surface area contributed by atoms with Crippen molar-refractivity contribution in [3.63, 3.8) is 0 Å². The number of nitrogens with zero attached hydrogens (tertiary/aromatic N) is 1. The molecule has 0 spiro atoms. The van der Waals surface area contributed by atoms with Crippen LogP contribution in [0.5, 0.6) is 0 Å². The van der Waals surface area contributed by atoms with Gasteiger partial charge in [-0.05, 0) is 51.3 Å². The molecule has 0 bridgehead atoms. The van der Waals surface area contributed by atoms with E-state index in [1.165, 1.54) is 6.42 Å². The Kier molecular flexibility index (Phi) is 5.81. The van der Waals surface area contributed by atoms with E-state index in [2.05, 4.69) is 10.6 Å². The summed E-state index contributed by atoms with van der Waals surface area (Å²) in [5, 5.41) is 5.89. The molecular weight excluding hydrogens is 278 g/mol. The molecule has 1 aromatic rings. The quantitative estimate of drug-likeness (QED) is 0.877. The molecule has 0 atom stereocenters. The number of hydrogen-bond donors (Lipinski definition) is 2. The standard InChI is InChI=1S/C17H25N3O2/c1-13(2)19-16(21)12-18-15-8-6-7-14(11-15)17(22)20-9-4-3-5-10-20/h6-8,11,13,18H,3-5,9-10,12H2,1-2H3,(H,19,21). The van der Waals surface area contributed by atoms with E-state index in [0.717, 1.165) is 31.6 Å². The predicted molar refractivity (Wildman–Crippen MR) is 88.0 cm³/mol. The van der Waals surface area contributed by atoms with Crippen molar-refractivity contribution in [3.8, 4) is 0 Å². The first-order valence-electron chi connectivity index (χ1n) is 7.99. The molecule has 2 amide bonds. The van der Waals surface area contributed by atoms with E-state index in [-0.39, 0.29) is 24.4 Å². The van der Waals surface area contributed by atoms with Crippen molar-refractivity contribution in [2.75, 3.05) is 25.0 Å². The maximum atomic E-state index is 12.5. The highest BCUT2D eigenvalue weighted by atomic mass is 16.2. The van der Waals surface area contributed by atoms with Gasteiger partial charge in [0.05, 0.1) is 6.54 Å². The van der Waals surface area contributed by atoms with Crippen molar-refractivity contribution in [2.45, 2.75) is 39.2 Å². The minimum atomic E-state index is -0.0530. The fourth-order valence-corrected chi connectivity index (χ4v) is 2.60. The van der Waals surface area contributed by atoms with Gasteiger partial charge in [0.1, 0.15) is 0 Å². The molecule has 5 heteroatoms. The summed E-state index contributed by atoms with van der Waals surface area (Å²) in [5.74, 6) is 0.0257. The van der Waals surface area contributed by atoms with Crippen LogP contribution in [-0.2, 0) is 4.79 Å². The summed E-state index contributed by atoms with van der Waals surface area (Å²) in [6.45, 7) is 5.74. The number of carbonyl (C=O) groups excluding carboxylic acids is 2. The first kappa shape index (κ1) is 16.3. The van der Waals surface area contributed by atoms with Crippen LogP contribution in [0.1, 0.15) is 43.5 Å². The van der Waals surface area contributed by atoms with Gasteiger partial charge in [-0.3, -0.25) is 9.59 Å². The van der Waals surface area contributed by atoms with Crippen LogP contribution < -0.4 is 10.6 Å². The fraction of sp³-hybridized carbons (Fsp3) is 0.529. The maximum absolute atomic E-state index is 12.5. The lowest BCUT2D eigenvalue weighted by atomic mass is 10.1. The Balaban J connectivity index is 1.94. The lowest BCUT2D eigenvalue weighted by molar-refractivity contribution is -0.119. The third-order valence-corrected chi connectivity index (χ3v) is 3.66. The van der Waals surface area contributed by atoms with Crippen LogP contribution in [0, 0.1) is 0 Å². The van der Waals surface area contributed by atoms with Crippen LogP contribution >= 0.6 is 0 Å². The minimum absolute atomic E-state index is 0.0530. The molecule has 2 N–H and O–H groups in total. The monoisotopic (exact) mass is 303 g/mol. The van der Waals surface area contributed by atoms with E-state index in [4.69, 9.17) is 0 Å².